The maximum Gasteiger partial charge on any atom is 0.322 e. The number of piperazine rings is 1. The molecule has 1 aliphatic heterocycles. The summed E-state index contributed by atoms with van der Waals surface area (Å²) in [7, 11) is 0. The number of anilines is 1. The summed E-state index contributed by atoms with van der Waals surface area (Å²) in [5.41, 5.74) is 2.54. The normalized spacial score (nSPS) is 15.2. The first-order valence-corrected chi connectivity index (χ1v) is 8.31. The Balaban J connectivity index is 1.53. The minimum absolute atomic E-state index is 0.00580. The molecule has 2 aromatic rings. The van der Waals surface area contributed by atoms with Gasteiger partial charge < -0.3 is 10.2 Å². The largest absolute Gasteiger partial charge is 0.322 e. The molecule has 0 bridgehead atoms. The van der Waals surface area contributed by atoms with Crippen LogP contribution in [0, 0.1) is 18.6 Å². The molecule has 132 valence electrons. The fourth-order valence-electron chi connectivity index (χ4n) is 2.92. The molecule has 3 rings (SSSR count). The van der Waals surface area contributed by atoms with E-state index < -0.39 is 11.6 Å². The van der Waals surface area contributed by atoms with Gasteiger partial charge in [-0.1, -0.05) is 24.3 Å². The number of urea groups is 1. The van der Waals surface area contributed by atoms with E-state index in [0.29, 0.717) is 13.1 Å². The van der Waals surface area contributed by atoms with Gasteiger partial charge in [0.15, 0.2) is 0 Å². The van der Waals surface area contributed by atoms with Gasteiger partial charge in [0.25, 0.3) is 0 Å². The summed E-state index contributed by atoms with van der Waals surface area (Å²) >= 11 is 0. The molecule has 25 heavy (non-hydrogen) atoms. The number of aryl methyl sites for hydroxylation is 1. The molecular weight excluding hydrogens is 324 g/mol. The average Bonchev–Trinajstić information content (AvgIpc) is 2.60. The topological polar surface area (TPSA) is 35.6 Å². The van der Waals surface area contributed by atoms with Gasteiger partial charge in [-0.2, -0.15) is 0 Å². The van der Waals surface area contributed by atoms with Crippen LogP contribution in [0.25, 0.3) is 0 Å². The number of carbonyl (C=O) groups excluding carboxylic acids is 1. The minimum Gasteiger partial charge on any atom is -0.322 e. The third-order valence-electron chi connectivity index (χ3n) is 4.49. The second kappa shape index (κ2) is 7.61. The third-order valence-corrected chi connectivity index (χ3v) is 4.49. The van der Waals surface area contributed by atoms with Crippen molar-refractivity contribution in [1.29, 1.82) is 0 Å². The van der Waals surface area contributed by atoms with E-state index in [4.69, 9.17) is 0 Å². The van der Waals surface area contributed by atoms with Gasteiger partial charge in [0.1, 0.15) is 11.6 Å². The van der Waals surface area contributed by atoms with Crippen molar-refractivity contribution in [1.82, 2.24) is 9.80 Å². The predicted octanol–water partition coefficient (Wildman–Crippen LogP) is 3.62. The lowest BCUT2D eigenvalue weighted by atomic mass is 10.1. The smallest absolute Gasteiger partial charge is 0.322 e. The number of halogens is 2. The van der Waals surface area contributed by atoms with Crippen molar-refractivity contribution in [3.63, 3.8) is 0 Å². The Morgan fingerprint density at radius 1 is 1.08 bits per heavy atom. The maximum absolute atomic E-state index is 13.6. The second-order valence-electron chi connectivity index (χ2n) is 6.24. The van der Waals surface area contributed by atoms with Crippen LogP contribution in [0.4, 0.5) is 19.3 Å². The number of nitrogens with zero attached hydrogens (tertiary/aromatic N) is 2. The minimum atomic E-state index is -0.772. The average molecular weight is 345 g/mol. The summed E-state index contributed by atoms with van der Waals surface area (Å²) in [4.78, 5) is 16.2. The van der Waals surface area contributed by atoms with Crippen LogP contribution in [0.3, 0.4) is 0 Å². The van der Waals surface area contributed by atoms with E-state index in [1.165, 1.54) is 17.2 Å². The Kier molecular flexibility index (Phi) is 5.28. The van der Waals surface area contributed by atoms with Gasteiger partial charge >= 0.3 is 6.03 Å². The summed E-state index contributed by atoms with van der Waals surface area (Å²) in [5, 5.41) is 2.51. The van der Waals surface area contributed by atoms with Crippen molar-refractivity contribution in [2.45, 2.75) is 13.5 Å². The van der Waals surface area contributed by atoms with E-state index in [9.17, 15) is 13.6 Å². The van der Waals surface area contributed by atoms with Crippen LogP contribution < -0.4 is 5.32 Å². The summed E-state index contributed by atoms with van der Waals surface area (Å²) in [6, 6.07) is 11.0. The molecule has 0 aromatic heterocycles. The zero-order chi connectivity index (χ0) is 17.8. The van der Waals surface area contributed by atoms with Crippen LogP contribution in [-0.4, -0.2) is 42.0 Å². The number of benzene rings is 2. The van der Waals surface area contributed by atoms with Gasteiger partial charge in [0.2, 0.25) is 0 Å². The molecule has 0 atom stereocenters. The van der Waals surface area contributed by atoms with Gasteiger partial charge in [-0.25, -0.2) is 13.6 Å². The van der Waals surface area contributed by atoms with Crippen molar-refractivity contribution in [3.05, 3.63) is 65.2 Å². The second-order valence-corrected chi connectivity index (χ2v) is 6.24. The molecule has 1 saturated heterocycles. The highest BCUT2D eigenvalue weighted by Crippen LogP contribution is 2.17. The Bertz CT molecular complexity index is 758. The molecule has 2 amide bonds. The zero-order valence-electron chi connectivity index (χ0n) is 14.1. The first-order chi connectivity index (χ1) is 12.0. The van der Waals surface area contributed by atoms with Crippen molar-refractivity contribution < 1.29 is 13.6 Å². The molecule has 1 N–H and O–H groups in total. The third kappa shape index (κ3) is 4.33. The number of hydrogen-bond donors (Lipinski definition) is 1. The molecule has 0 radical (unpaired) electrons. The summed E-state index contributed by atoms with van der Waals surface area (Å²) < 4.78 is 26.6. The van der Waals surface area contributed by atoms with Gasteiger partial charge in [-0.05, 0) is 30.2 Å². The molecule has 0 aliphatic carbocycles. The van der Waals surface area contributed by atoms with Crippen molar-refractivity contribution >= 4 is 11.7 Å². The quantitative estimate of drug-likeness (QED) is 0.922. The fourth-order valence-corrected chi connectivity index (χ4v) is 2.92. The predicted molar refractivity (Wildman–Crippen MR) is 93.4 cm³/mol. The summed E-state index contributed by atoms with van der Waals surface area (Å²) in [6.45, 7) is 5.60. The monoisotopic (exact) mass is 345 g/mol. The SMILES string of the molecule is Cc1ccccc1CN1CCN(C(=O)Nc2ccc(F)cc2F)CC1. The molecule has 0 spiro atoms. The Morgan fingerprint density at radius 3 is 2.48 bits per heavy atom. The molecule has 2 aromatic carbocycles. The van der Waals surface area contributed by atoms with Crippen LogP contribution in [0.2, 0.25) is 0 Å². The number of amides is 2. The van der Waals surface area contributed by atoms with E-state index in [1.54, 1.807) is 4.90 Å². The standard InChI is InChI=1S/C19H21F2N3O/c1-14-4-2-3-5-15(14)13-23-8-10-24(11-9-23)19(25)22-18-7-6-16(20)12-17(18)21/h2-7,12H,8-11,13H2,1H3,(H,22,25). The molecule has 1 heterocycles. The first-order valence-electron chi connectivity index (χ1n) is 8.31. The van der Waals surface area contributed by atoms with Crippen LogP contribution in [0.15, 0.2) is 42.5 Å². The number of rotatable bonds is 3. The van der Waals surface area contributed by atoms with E-state index >= 15 is 0 Å². The van der Waals surface area contributed by atoms with Crippen LogP contribution in [0.1, 0.15) is 11.1 Å². The lowest BCUT2D eigenvalue weighted by Crippen LogP contribution is -2.49. The molecule has 0 unspecified atom stereocenters. The molecular formula is C19H21F2N3O. The number of nitrogens with one attached hydrogen (secondary N) is 1. The maximum atomic E-state index is 13.6. The molecule has 6 heteroatoms. The summed E-state index contributed by atoms with van der Waals surface area (Å²) in [6.07, 6.45) is 0. The number of carbonyl (C=O) groups is 1. The highest BCUT2D eigenvalue weighted by molar-refractivity contribution is 5.89. The van der Waals surface area contributed by atoms with Crippen molar-refractivity contribution in [3.8, 4) is 0 Å². The highest BCUT2D eigenvalue weighted by atomic mass is 19.1. The van der Waals surface area contributed by atoms with Gasteiger partial charge in [0, 0.05) is 38.8 Å². The highest BCUT2D eigenvalue weighted by Gasteiger charge is 2.22. The lowest BCUT2D eigenvalue weighted by Gasteiger charge is -2.35. The Labute approximate surface area is 146 Å². The van der Waals surface area contributed by atoms with Crippen LogP contribution in [0.5, 0.6) is 0 Å². The van der Waals surface area contributed by atoms with Crippen molar-refractivity contribution in [2.24, 2.45) is 0 Å². The molecule has 0 saturated carbocycles. The number of hydrogen-bond acceptors (Lipinski definition) is 2. The van der Waals surface area contributed by atoms with Crippen LogP contribution >= 0.6 is 0 Å². The van der Waals surface area contributed by atoms with E-state index in [0.717, 1.165) is 31.8 Å². The van der Waals surface area contributed by atoms with E-state index in [-0.39, 0.29) is 11.7 Å². The Hall–Kier alpha value is -2.47. The van der Waals surface area contributed by atoms with Gasteiger partial charge in [-0.3, -0.25) is 4.90 Å². The lowest BCUT2D eigenvalue weighted by molar-refractivity contribution is 0.142. The van der Waals surface area contributed by atoms with E-state index in [2.05, 4.69) is 29.3 Å². The van der Waals surface area contributed by atoms with Crippen LogP contribution in [-0.2, 0) is 6.54 Å². The van der Waals surface area contributed by atoms with Gasteiger partial charge in [-0.15, -0.1) is 0 Å². The van der Waals surface area contributed by atoms with Gasteiger partial charge in [0.05, 0.1) is 5.69 Å². The molecule has 1 fully saturated rings. The first kappa shape index (κ1) is 17.4. The fraction of sp³-hybridized carbons (Fsp3) is 0.316. The molecule has 4 nitrogen and oxygen atoms in total. The summed E-state index contributed by atoms with van der Waals surface area (Å²) in [5.74, 6) is -1.44. The zero-order valence-corrected chi connectivity index (χ0v) is 14.1. The Morgan fingerprint density at radius 2 is 1.80 bits per heavy atom. The van der Waals surface area contributed by atoms with E-state index in [1.807, 2.05) is 12.1 Å². The molecule has 1 aliphatic rings. The van der Waals surface area contributed by atoms with Crippen molar-refractivity contribution in [2.75, 3.05) is 31.5 Å².